The Morgan fingerprint density at radius 1 is 1.41 bits per heavy atom. The highest BCUT2D eigenvalue weighted by molar-refractivity contribution is 5.77. The summed E-state index contributed by atoms with van der Waals surface area (Å²) in [7, 11) is 0. The first-order valence-corrected chi connectivity index (χ1v) is 8.91. The van der Waals surface area contributed by atoms with Crippen molar-refractivity contribution in [3.05, 3.63) is 46.0 Å². The van der Waals surface area contributed by atoms with Crippen LogP contribution in [0.5, 0.6) is 0 Å². The molecule has 0 bridgehead atoms. The van der Waals surface area contributed by atoms with Crippen molar-refractivity contribution in [1.82, 2.24) is 20.0 Å². The Bertz CT molecular complexity index is 1010. The second-order valence-electron chi connectivity index (χ2n) is 6.57. The molecule has 1 amide bonds. The number of aryl methyl sites for hydroxylation is 2. The molecule has 9 nitrogen and oxygen atoms in total. The predicted molar refractivity (Wildman–Crippen MR) is 93.9 cm³/mol. The van der Waals surface area contributed by atoms with Crippen molar-refractivity contribution in [2.45, 2.75) is 45.4 Å². The molecule has 1 aliphatic heterocycles. The number of nitrogens with one attached hydrogen (secondary N) is 1. The number of rotatable bonds is 6. The quantitative estimate of drug-likeness (QED) is 0.702. The fourth-order valence-electron chi connectivity index (χ4n) is 3.11. The van der Waals surface area contributed by atoms with Gasteiger partial charge in [0.25, 0.3) is 5.89 Å². The van der Waals surface area contributed by atoms with Crippen molar-refractivity contribution in [2.75, 3.05) is 6.61 Å². The Labute approximate surface area is 154 Å². The van der Waals surface area contributed by atoms with Crippen molar-refractivity contribution >= 4 is 17.0 Å². The zero-order chi connectivity index (χ0) is 18.8. The largest absolute Gasteiger partial charge is 0.419 e. The molecule has 1 saturated heterocycles. The van der Waals surface area contributed by atoms with Crippen LogP contribution in [-0.2, 0) is 22.6 Å². The van der Waals surface area contributed by atoms with Crippen LogP contribution in [-0.4, -0.2) is 27.2 Å². The molecule has 1 unspecified atom stereocenters. The van der Waals surface area contributed by atoms with Gasteiger partial charge in [0, 0.05) is 19.6 Å². The molecule has 0 radical (unpaired) electrons. The van der Waals surface area contributed by atoms with E-state index < -0.39 is 5.76 Å². The van der Waals surface area contributed by atoms with Gasteiger partial charge in [-0.15, -0.1) is 0 Å². The molecule has 0 aliphatic carbocycles. The minimum atomic E-state index is -0.470. The second-order valence-corrected chi connectivity index (χ2v) is 6.57. The highest BCUT2D eigenvalue weighted by atomic mass is 16.5. The molecular weight excluding hydrogens is 352 g/mol. The van der Waals surface area contributed by atoms with Crippen LogP contribution in [0, 0.1) is 6.92 Å². The molecule has 1 aliphatic rings. The monoisotopic (exact) mass is 372 g/mol. The summed E-state index contributed by atoms with van der Waals surface area (Å²) in [4.78, 5) is 28.4. The van der Waals surface area contributed by atoms with E-state index in [0.717, 1.165) is 18.4 Å². The predicted octanol–water partition coefficient (Wildman–Crippen LogP) is 1.84. The molecule has 1 aromatic carbocycles. The Morgan fingerprint density at radius 2 is 2.30 bits per heavy atom. The van der Waals surface area contributed by atoms with Crippen LogP contribution < -0.4 is 11.1 Å². The van der Waals surface area contributed by atoms with E-state index in [-0.39, 0.29) is 31.5 Å². The van der Waals surface area contributed by atoms with Crippen molar-refractivity contribution in [3.63, 3.8) is 0 Å². The minimum absolute atomic E-state index is 0.138. The topological polar surface area (TPSA) is 112 Å². The maximum Gasteiger partial charge on any atom is 0.419 e. The second kappa shape index (κ2) is 7.36. The third-order valence-corrected chi connectivity index (χ3v) is 4.52. The molecule has 27 heavy (non-hydrogen) atoms. The first-order valence-electron chi connectivity index (χ1n) is 8.91. The molecule has 9 heteroatoms. The Morgan fingerprint density at radius 3 is 3.11 bits per heavy atom. The molecule has 3 aromatic rings. The van der Waals surface area contributed by atoms with E-state index in [4.69, 9.17) is 13.7 Å². The molecule has 0 saturated carbocycles. The Hall–Kier alpha value is -2.94. The van der Waals surface area contributed by atoms with Gasteiger partial charge in [-0.1, -0.05) is 11.2 Å². The lowest BCUT2D eigenvalue weighted by Crippen LogP contribution is -2.26. The van der Waals surface area contributed by atoms with Gasteiger partial charge in [0.2, 0.25) is 5.91 Å². The molecule has 4 rings (SSSR count). The standard InChI is InChI=1S/C18H20N4O5/c1-11-4-5-13-12(9-11)22(18(24)26-13)7-6-16(23)19-10-15-20-17(27-21-15)14-3-2-8-25-14/h4-5,9,14H,2-3,6-8,10H2,1H3,(H,19,23). The number of aromatic nitrogens is 3. The molecule has 0 spiro atoms. The van der Waals surface area contributed by atoms with Crippen LogP contribution in [0.4, 0.5) is 0 Å². The van der Waals surface area contributed by atoms with Gasteiger partial charge in [-0.2, -0.15) is 4.98 Å². The molecule has 3 heterocycles. The van der Waals surface area contributed by atoms with Gasteiger partial charge in [-0.25, -0.2) is 4.79 Å². The molecule has 142 valence electrons. The van der Waals surface area contributed by atoms with Gasteiger partial charge in [0.1, 0.15) is 6.10 Å². The summed E-state index contributed by atoms with van der Waals surface area (Å²) in [5.41, 5.74) is 2.22. The summed E-state index contributed by atoms with van der Waals surface area (Å²) in [6.07, 6.45) is 1.83. The van der Waals surface area contributed by atoms with E-state index in [1.54, 1.807) is 6.07 Å². The van der Waals surface area contributed by atoms with Crippen LogP contribution in [0.15, 0.2) is 31.9 Å². The number of nitrogens with zero attached hydrogens (tertiary/aromatic N) is 3. The number of benzene rings is 1. The number of oxazole rings is 1. The first kappa shape index (κ1) is 17.5. The van der Waals surface area contributed by atoms with Crippen LogP contribution in [0.3, 0.4) is 0 Å². The summed E-state index contributed by atoms with van der Waals surface area (Å²) in [6, 6.07) is 5.49. The number of fused-ring (bicyclic) bond motifs is 1. The van der Waals surface area contributed by atoms with E-state index >= 15 is 0 Å². The highest BCUT2D eigenvalue weighted by Gasteiger charge is 2.23. The number of hydrogen-bond acceptors (Lipinski definition) is 7. The van der Waals surface area contributed by atoms with E-state index in [1.165, 1.54) is 4.57 Å². The molecule has 1 atom stereocenters. The Balaban J connectivity index is 1.33. The van der Waals surface area contributed by atoms with E-state index in [2.05, 4.69) is 15.5 Å². The fraction of sp³-hybridized carbons (Fsp3) is 0.444. The third-order valence-electron chi connectivity index (χ3n) is 4.52. The van der Waals surface area contributed by atoms with Crippen molar-refractivity contribution < 1.29 is 18.5 Å². The summed E-state index contributed by atoms with van der Waals surface area (Å²) < 4.78 is 17.3. The number of hydrogen-bond donors (Lipinski definition) is 1. The molecule has 1 N–H and O–H groups in total. The smallest absolute Gasteiger partial charge is 0.408 e. The minimum Gasteiger partial charge on any atom is -0.408 e. The van der Waals surface area contributed by atoms with E-state index in [9.17, 15) is 9.59 Å². The third kappa shape index (κ3) is 3.77. The number of carbonyl (C=O) groups is 1. The Kier molecular flexibility index (Phi) is 4.76. The molecular formula is C18H20N4O5. The summed E-state index contributed by atoms with van der Waals surface area (Å²) in [5, 5.41) is 6.59. The summed E-state index contributed by atoms with van der Waals surface area (Å²) >= 11 is 0. The average molecular weight is 372 g/mol. The maximum absolute atomic E-state index is 12.1. The van der Waals surface area contributed by atoms with Crippen LogP contribution in [0.2, 0.25) is 0 Å². The van der Waals surface area contributed by atoms with Crippen LogP contribution >= 0.6 is 0 Å². The zero-order valence-electron chi connectivity index (χ0n) is 14.9. The van der Waals surface area contributed by atoms with Gasteiger partial charge in [0.15, 0.2) is 11.4 Å². The van der Waals surface area contributed by atoms with Crippen molar-refractivity contribution in [1.29, 1.82) is 0 Å². The lowest BCUT2D eigenvalue weighted by molar-refractivity contribution is -0.121. The van der Waals surface area contributed by atoms with E-state index in [0.29, 0.717) is 29.4 Å². The van der Waals surface area contributed by atoms with Crippen LogP contribution in [0.1, 0.15) is 42.6 Å². The normalized spacial score (nSPS) is 16.9. The summed E-state index contributed by atoms with van der Waals surface area (Å²) in [6.45, 7) is 3.02. The van der Waals surface area contributed by atoms with Crippen molar-refractivity contribution in [3.8, 4) is 0 Å². The zero-order valence-corrected chi connectivity index (χ0v) is 14.9. The first-order chi connectivity index (χ1) is 13.1. The fourth-order valence-corrected chi connectivity index (χ4v) is 3.11. The van der Waals surface area contributed by atoms with Crippen LogP contribution in [0.25, 0.3) is 11.1 Å². The van der Waals surface area contributed by atoms with Gasteiger partial charge >= 0.3 is 5.76 Å². The highest BCUT2D eigenvalue weighted by Crippen LogP contribution is 2.26. The van der Waals surface area contributed by atoms with E-state index in [1.807, 2.05) is 19.1 Å². The number of amides is 1. The maximum atomic E-state index is 12.1. The number of ether oxygens (including phenoxy) is 1. The lowest BCUT2D eigenvalue weighted by Gasteiger charge is -2.04. The van der Waals surface area contributed by atoms with Gasteiger partial charge < -0.3 is 19.0 Å². The molecule has 2 aromatic heterocycles. The van der Waals surface area contributed by atoms with Gasteiger partial charge in [-0.3, -0.25) is 9.36 Å². The lowest BCUT2D eigenvalue weighted by atomic mass is 10.2. The van der Waals surface area contributed by atoms with Gasteiger partial charge in [-0.05, 0) is 37.5 Å². The average Bonchev–Trinajstić information content (AvgIpc) is 3.38. The summed E-state index contributed by atoms with van der Waals surface area (Å²) in [5.74, 6) is 0.161. The van der Waals surface area contributed by atoms with Crippen molar-refractivity contribution in [2.24, 2.45) is 0 Å². The van der Waals surface area contributed by atoms with Gasteiger partial charge in [0.05, 0.1) is 12.1 Å². The SMILES string of the molecule is Cc1ccc2oc(=O)n(CCC(=O)NCc3noc(C4CCCO4)n3)c2c1. The number of carbonyl (C=O) groups excluding carboxylic acids is 1. The molecule has 1 fully saturated rings.